The Morgan fingerprint density at radius 1 is 1.31 bits per heavy atom. The number of piperidine rings is 1. The van der Waals surface area contributed by atoms with Crippen molar-refractivity contribution in [1.82, 2.24) is 19.8 Å². The Kier molecular flexibility index (Phi) is 7.48. The molecular weight excluding hydrogens is 380 g/mol. The zero-order valence-corrected chi connectivity index (χ0v) is 19.4. The minimum Gasteiger partial charge on any atom is -0.361 e. The number of rotatable bonds is 9. The van der Waals surface area contributed by atoms with Crippen molar-refractivity contribution in [2.24, 2.45) is 5.92 Å². The van der Waals surface area contributed by atoms with Crippen molar-refractivity contribution in [1.29, 1.82) is 0 Å². The van der Waals surface area contributed by atoms with Crippen molar-refractivity contribution >= 4 is 25.0 Å². The Bertz CT molecular complexity index is 807. The van der Waals surface area contributed by atoms with Gasteiger partial charge in [-0.25, -0.2) is 4.98 Å². The molecule has 0 saturated carbocycles. The van der Waals surface area contributed by atoms with E-state index < -0.39 is 8.07 Å². The minimum atomic E-state index is -1.14. The van der Waals surface area contributed by atoms with Gasteiger partial charge in [0.25, 0.3) is 5.91 Å². The molecule has 29 heavy (non-hydrogen) atoms. The third-order valence-electron chi connectivity index (χ3n) is 5.78. The van der Waals surface area contributed by atoms with Crippen LogP contribution in [-0.2, 0) is 11.5 Å². The largest absolute Gasteiger partial charge is 0.361 e. The lowest BCUT2D eigenvalue weighted by Crippen LogP contribution is -2.33. The number of aromatic nitrogens is 2. The fourth-order valence-electron chi connectivity index (χ4n) is 3.77. The lowest BCUT2D eigenvalue weighted by atomic mass is 9.94. The van der Waals surface area contributed by atoms with Crippen LogP contribution in [0.2, 0.25) is 25.7 Å². The van der Waals surface area contributed by atoms with Crippen LogP contribution in [0.5, 0.6) is 0 Å². The number of ether oxygens (including phenoxy) is 1. The van der Waals surface area contributed by atoms with Crippen LogP contribution in [0.1, 0.15) is 29.8 Å². The molecule has 1 aliphatic heterocycles. The number of pyridine rings is 1. The lowest BCUT2D eigenvalue weighted by Gasteiger charge is -2.28. The number of carbonyl (C=O) groups excluding carboxylic acids is 1. The summed E-state index contributed by atoms with van der Waals surface area (Å²) in [5.41, 5.74) is 1.44. The van der Waals surface area contributed by atoms with E-state index >= 15 is 0 Å². The number of likely N-dealkylation sites (tertiary alicyclic amines) is 1. The molecule has 1 fully saturated rings. The molecule has 3 heterocycles. The Morgan fingerprint density at radius 3 is 2.79 bits per heavy atom. The van der Waals surface area contributed by atoms with Gasteiger partial charge in [0.2, 0.25) is 0 Å². The van der Waals surface area contributed by atoms with E-state index in [2.05, 4.69) is 41.9 Å². The Balaban J connectivity index is 1.60. The average molecular weight is 417 g/mol. The van der Waals surface area contributed by atoms with Crippen LogP contribution < -0.4 is 5.32 Å². The first-order valence-electron chi connectivity index (χ1n) is 10.8. The van der Waals surface area contributed by atoms with Gasteiger partial charge in [-0.1, -0.05) is 19.6 Å². The lowest BCUT2D eigenvalue weighted by molar-refractivity contribution is 0.0807. The van der Waals surface area contributed by atoms with Crippen molar-refractivity contribution in [3.8, 4) is 0 Å². The van der Waals surface area contributed by atoms with Crippen LogP contribution in [0.25, 0.3) is 11.0 Å². The molecule has 1 amide bonds. The summed E-state index contributed by atoms with van der Waals surface area (Å²) in [5, 5.41) is 4.10. The smallest absolute Gasteiger partial charge is 0.268 e. The maximum absolute atomic E-state index is 12.9. The summed E-state index contributed by atoms with van der Waals surface area (Å²) < 4.78 is 7.84. The molecule has 6 nitrogen and oxygen atoms in total. The summed E-state index contributed by atoms with van der Waals surface area (Å²) in [6, 6.07) is 6.93. The molecule has 0 aromatic carbocycles. The number of hydrogen-bond acceptors (Lipinski definition) is 4. The summed E-state index contributed by atoms with van der Waals surface area (Å²) in [6.45, 7) is 11.1. The van der Waals surface area contributed by atoms with Gasteiger partial charge in [-0.2, -0.15) is 0 Å². The van der Waals surface area contributed by atoms with Crippen molar-refractivity contribution in [3.63, 3.8) is 0 Å². The molecule has 0 radical (unpaired) electrons. The van der Waals surface area contributed by atoms with E-state index in [1.165, 1.54) is 12.8 Å². The zero-order chi connectivity index (χ0) is 20.9. The number of nitrogens with zero attached hydrogens (tertiary/aromatic N) is 3. The second-order valence-corrected chi connectivity index (χ2v) is 15.1. The predicted octanol–water partition coefficient (Wildman–Crippen LogP) is 3.81. The van der Waals surface area contributed by atoms with Crippen LogP contribution >= 0.6 is 0 Å². The third kappa shape index (κ3) is 6.39. The molecule has 1 aliphatic rings. The molecule has 2 aromatic heterocycles. The molecular formula is C22H36N4O2Si. The van der Waals surface area contributed by atoms with Crippen molar-refractivity contribution < 1.29 is 9.53 Å². The fourth-order valence-corrected chi connectivity index (χ4v) is 4.53. The van der Waals surface area contributed by atoms with E-state index in [0.717, 1.165) is 49.7 Å². The van der Waals surface area contributed by atoms with E-state index in [4.69, 9.17) is 4.74 Å². The standard InChI is InChI=1S/C22H36N4O2Si/c1-25-12-8-18(9-13-25)7-11-24-22(27)20-16-19-6-5-10-23-21(19)26(20)17-28-14-15-29(2,3)4/h5-6,10,16,18H,7-9,11-15,17H2,1-4H3,(H,24,27). The van der Waals surface area contributed by atoms with Gasteiger partial charge in [-0.3, -0.25) is 9.36 Å². The van der Waals surface area contributed by atoms with E-state index in [9.17, 15) is 4.79 Å². The highest BCUT2D eigenvalue weighted by atomic mass is 28.3. The van der Waals surface area contributed by atoms with Gasteiger partial charge in [-0.05, 0) is 69.6 Å². The first-order valence-corrected chi connectivity index (χ1v) is 14.5. The Morgan fingerprint density at radius 2 is 2.07 bits per heavy atom. The van der Waals surface area contributed by atoms with Crippen LogP contribution in [0, 0.1) is 5.92 Å². The Labute approximate surface area is 175 Å². The number of nitrogens with one attached hydrogen (secondary N) is 1. The molecule has 2 aromatic rings. The third-order valence-corrected chi connectivity index (χ3v) is 7.49. The Hall–Kier alpha value is -1.70. The molecule has 7 heteroatoms. The van der Waals surface area contributed by atoms with E-state index in [-0.39, 0.29) is 5.91 Å². The number of carbonyl (C=O) groups is 1. The van der Waals surface area contributed by atoms with Gasteiger partial charge < -0.3 is 15.0 Å². The second kappa shape index (κ2) is 9.87. The van der Waals surface area contributed by atoms with Crippen LogP contribution in [0.4, 0.5) is 0 Å². The minimum absolute atomic E-state index is 0.0373. The molecule has 3 rings (SSSR count). The normalized spacial score (nSPS) is 16.4. The summed E-state index contributed by atoms with van der Waals surface area (Å²) in [4.78, 5) is 19.8. The maximum atomic E-state index is 12.9. The zero-order valence-electron chi connectivity index (χ0n) is 18.4. The molecule has 0 unspecified atom stereocenters. The van der Waals surface area contributed by atoms with Gasteiger partial charge in [0.05, 0.1) is 0 Å². The molecule has 1 N–H and O–H groups in total. The van der Waals surface area contributed by atoms with Crippen molar-refractivity contribution in [3.05, 3.63) is 30.1 Å². The quantitative estimate of drug-likeness (QED) is 0.499. The van der Waals surface area contributed by atoms with Gasteiger partial charge in [-0.15, -0.1) is 0 Å². The number of fused-ring (bicyclic) bond motifs is 1. The number of hydrogen-bond donors (Lipinski definition) is 1. The summed E-state index contributed by atoms with van der Waals surface area (Å²) >= 11 is 0. The first-order chi connectivity index (χ1) is 13.8. The highest BCUT2D eigenvalue weighted by molar-refractivity contribution is 6.76. The number of amides is 1. The summed E-state index contributed by atoms with van der Waals surface area (Å²) in [7, 11) is 1.04. The van der Waals surface area contributed by atoms with E-state index in [0.29, 0.717) is 18.3 Å². The van der Waals surface area contributed by atoms with Gasteiger partial charge in [0.15, 0.2) is 0 Å². The van der Waals surface area contributed by atoms with E-state index in [1.807, 2.05) is 22.8 Å². The van der Waals surface area contributed by atoms with Gasteiger partial charge >= 0.3 is 0 Å². The first kappa shape index (κ1) is 22.0. The van der Waals surface area contributed by atoms with Crippen molar-refractivity contribution in [2.75, 3.05) is 33.3 Å². The highest BCUT2D eigenvalue weighted by Gasteiger charge is 2.19. The average Bonchev–Trinajstić information content (AvgIpc) is 3.05. The summed E-state index contributed by atoms with van der Waals surface area (Å²) in [6.07, 6.45) is 5.26. The van der Waals surface area contributed by atoms with Gasteiger partial charge in [0, 0.05) is 32.8 Å². The van der Waals surface area contributed by atoms with Crippen LogP contribution in [-0.4, -0.2) is 61.7 Å². The molecule has 1 saturated heterocycles. The fraction of sp³-hybridized carbons (Fsp3) is 0.636. The second-order valence-electron chi connectivity index (χ2n) is 9.51. The maximum Gasteiger partial charge on any atom is 0.268 e. The molecule has 0 bridgehead atoms. The molecule has 0 aliphatic carbocycles. The van der Waals surface area contributed by atoms with Crippen LogP contribution in [0.3, 0.4) is 0 Å². The topological polar surface area (TPSA) is 59.4 Å². The molecule has 0 atom stereocenters. The predicted molar refractivity (Wildman–Crippen MR) is 121 cm³/mol. The SMILES string of the molecule is CN1CCC(CCNC(=O)c2cc3cccnc3n2COCC[Si](C)(C)C)CC1. The van der Waals surface area contributed by atoms with E-state index in [1.54, 1.807) is 6.20 Å². The molecule has 0 spiro atoms. The monoisotopic (exact) mass is 416 g/mol. The highest BCUT2D eigenvalue weighted by Crippen LogP contribution is 2.20. The van der Waals surface area contributed by atoms with Crippen LogP contribution in [0.15, 0.2) is 24.4 Å². The molecule has 160 valence electrons. The summed E-state index contributed by atoms with van der Waals surface area (Å²) in [5.74, 6) is 0.675. The van der Waals surface area contributed by atoms with Gasteiger partial charge in [0.1, 0.15) is 18.1 Å². The van der Waals surface area contributed by atoms with Crippen molar-refractivity contribution in [2.45, 2.75) is 51.7 Å².